The first kappa shape index (κ1) is 31.6. The number of carbonyl (C=O) groups excluding carboxylic acids is 3. The Hall–Kier alpha value is -4.60. The lowest BCUT2D eigenvalue weighted by molar-refractivity contribution is -0.128. The van der Waals surface area contributed by atoms with Crippen molar-refractivity contribution in [1.29, 1.82) is 0 Å². The second kappa shape index (κ2) is 15.7. The maximum Gasteiger partial charge on any atom is 0.408 e. The van der Waals surface area contributed by atoms with Crippen molar-refractivity contribution in [3.05, 3.63) is 64.7 Å². The van der Waals surface area contributed by atoms with E-state index in [1.54, 1.807) is 56.3 Å². The number of alkyl carbamates (subject to hydrolysis) is 1. The van der Waals surface area contributed by atoms with Gasteiger partial charge in [0.2, 0.25) is 11.8 Å². The molecule has 2 rings (SSSR count). The second-order valence-corrected chi connectivity index (χ2v) is 9.17. The van der Waals surface area contributed by atoms with E-state index in [0.717, 1.165) is 0 Å². The van der Waals surface area contributed by atoms with Crippen LogP contribution in [-0.2, 0) is 34.1 Å². The first-order chi connectivity index (χ1) is 19.0. The summed E-state index contributed by atoms with van der Waals surface area (Å²) in [4.78, 5) is 47.7. The van der Waals surface area contributed by atoms with Gasteiger partial charge in [-0.1, -0.05) is 43.9 Å². The van der Waals surface area contributed by atoms with Crippen molar-refractivity contribution in [2.45, 2.75) is 52.7 Å². The number of carboxylic acid groups (broad SMARTS) is 1. The summed E-state index contributed by atoms with van der Waals surface area (Å²) in [5.74, 6) is 4.22. The van der Waals surface area contributed by atoms with Gasteiger partial charge in [0, 0.05) is 11.3 Å². The zero-order chi connectivity index (χ0) is 29.7. The molecule has 40 heavy (non-hydrogen) atoms. The molecule has 2 atom stereocenters. The van der Waals surface area contributed by atoms with Gasteiger partial charge < -0.3 is 41.3 Å². The fourth-order valence-electron chi connectivity index (χ4n) is 3.45. The minimum atomic E-state index is -1.33. The van der Waals surface area contributed by atoms with Crippen molar-refractivity contribution < 1.29 is 39.2 Å². The van der Waals surface area contributed by atoms with Gasteiger partial charge in [-0.15, -0.1) is 0 Å². The number of aliphatic hydroxyl groups is 2. The SMILES string of the molecule is CC(NC(=O)C(NC(=O)O)C(C)C)C(=O)Nc1ccc(COC(=O)NCC#Cc2cc(CO)cc(CO)c2)cc1. The monoisotopic (exact) mass is 554 g/mol. The van der Waals surface area contributed by atoms with E-state index >= 15 is 0 Å². The van der Waals surface area contributed by atoms with Gasteiger partial charge in [0.15, 0.2) is 0 Å². The van der Waals surface area contributed by atoms with E-state index in [4.69, 9.17) is 9.84 Å². The zero-order valence-corrected chi connectivity index (χ0v) is 22.5. The Morgan fingerprint density at radius 1 is 0.875 bits per heavy atom. The van der Waals surface area contributed by atoms with Crippen LogP contribution < -0.4 is 21.3 Å². The van der Waals surface area contributed by atoms with E-state index in [-0.39, 0.29) is 32.3 Å². The van der Waals surface area contributed by atoms with Crippen molar-refractivity contribution in [2.75, 3.05) is 11.9 Å². The first-order valence-corrected chi connectivity index (χ1v) is 12.5. The molecule has 0 saturated heterocycles. The fraction of sp³-hybridized carbons (Fsp3) is 0.357. The third-order valence-corrected chi connectivity index (χ3v) is 5.54. The minimum Gasteiger partial charge on any atom is -0.465 e. The van der Waals surface area contributed by atoms with Crippen LogP contribution >= 0.6 is 0 Å². The van der Waals surface area contributed by atoms with E-state index in [1.807, 2.05) is 0 Å². The van der Waals surface area contributed by atoms with Crippen LogP contribution in [0.2, 0.25) is 0 Å². The van der Waals surface area contributed by atoms with Crippen molar-refractivity contribution in [1.82, 2.24) is 16.0 Å². The quantitative estimate of drug-likeness (QED) is 0.204. The summed E-state index contributed by atoms with van der Waals surface area (Å²) < 4.78 is 5.16. The number of amides is 4. The van der Waals surface area contributed by atoms with Crippen molar-refractivity contribution >= 4 is 29.7 Å². The number of hydrogen-bond donors (Lipinski definition) is 7. The Balaban J connectivity index is 1.79. The Bertz CT molecular complexity index is 1230. The topological polar surface area (TPSA) is 186 Å². The van der Waals surface area contributed by atoms with Gasteiger partial charge in [0.05, 0.1) is 19.8 Å². The Morgan fingerprint density at radius 3 is 2.05 bits per heavy atom. The molecule has 214 valence electrons. The number of nitrogens with one attached hydrogen (secondary N) is 4. The highest BCUT2D eigenvalue weighted by Crippen LogP contribution is 2.12. The van der Waals surface area contributed by atoms with E-state index in [0.29, 0.717) is 27.9 Å². The van der Waals surface area contributed by atoms with Crippen LogP contribution in [0.3, 0.4) is 0 Å². The summed E-state index contributed by atoms with van der Waals surface area (Å²) in [6.07, 6.45) is -2.01. The Morgan fingerprint density at radius 2 is 1.50 bits per heavy atom. The molecule has 12 heteroatoms. The Labute approximate surface area is 232 Å². The van der Waals surface area contributed by atoms with Gasteiger partial charge in [-0.25, -0.2) is 9.59 Å². The molecule has 0 radical (unpaired) electrons. The number of aliphatic hydroxyl groups excluding tert-OH is 2. The van der Waals surface area contributed by atoms with Crippen molar-refractivity contribution in [2.24, 2.45) is 5.92 Å². The molecule has 0 aliphatic heterocycles. The van der Waals surface area contributed by atoms with Crippen LogP contribution in [0.5, 0.6) is 0 Å². The summed E-state index contributed by atoms with van der Waals surface area (Å²) in [6.45, 7) is 4.50. The molecular weight excluding hydrogens is 520 g/mol. The molecule has 4 amide bonds. The summed E-state index contributed by atoms with van der Waals surface area (Å²) in [7, 11) is 0. The third kappa shape index (κ3) is 10.6. The molecule has 0 bridgehead atoms. The third-order valence-electron chi connectivity index (χ3n) is 5.54. The van der Waals surface area contributed by atoms with E-state index < -0.39 is 36.1 Å². The number of benzene rings is 2. The van der Waals surface area contributed by atoms with E-state index in [9.17, 15) is 29.4 Å². The zero-order valence-electron chi connectivity index (χ0n) is 22.5. The number of ether oxygens (including phenoxy) is 1. The Kier molecular flexibility index (Phi) is 12.4. The fourth-order valence-corrected chi connectivity index (χ4v) is 3.45. The van der Waals surface area contributed by atoms with Crippen LogP contribution in [0, 0.1) is 17.8 Å². The predicted molar refractivity (Wildman–Crippen MR) is 146 cm³/mol. The summed E-state index contributed by atoms with van der Waals surface area (Å²) in [6, 6.07) is 9.67. The van der Waals surface area contributed by atoms with Gasteiger partial charge in [-0.05, 0) is 53.8 Å². The molecule has 0 saturated carbocycles. The average Bonchev–Trinajstić information content (AvgIpc) is 2.92. The van der Waals surface area contributed by atoms with Crippen LogP contribution in [0.25, 0.3) is 0 Å². The van der Waals surface area contributed by atoms with E-state index in [2.05, 4.69) is 33.1 Å². The molecule has 0 aromatic heterocycles. The average molecular weight is 555 g/mol. The lowest BCUT2D eigenvalue weighted by atomic mass is 10.0. The number of carbonyl (C=O) groups is 4. The van der Waals surface area contributed by atoms with Crippen molar-refractivity contribution in [3.8, 4) is 11.8 Å². The lowest BCUT2D eigenvalue weighted by Crippen LogP contribution is -2.53. The highest BCUT2D eigenvalue weighted by molar-refractivity contribution is 5.98. The lowest BCUT2D eigenvalue weighted by Gasteiger charge is -2.22. The van der Waals surface area contributed by atoms with Gasteiger partial charge in [0.1, 0.15) is 18.7 Å². The van der Waals surface area contributed by atoms with Gasteiger partial charge in [0.25, 0.3) is 0 Å². The summed E-state index contributed by atoms with van der Waals surface area (Å²) >= 11 is 0. The van der Waals surface area contributed by atoms with Crippen LogP contribution in [-0.4, -0.2) is 57.9 Å². The minimum absolute atomic E-state index is 0.0223. The van der Waals surface area contributed by atoms with Crippen LogP contribution in [0.4, 0.5) is 15.3 Å². The molecule has 0 heterocycles. The van der Waals surface area contributed by atoms with Gasteiger partial charge in [-0.2, -0.15) is 0 Å². The van der Waals surface area contributed by atoms with Crippen LogP contribution in [0.1, 0.15) is 43.0 Å². The number of anilines is 1. The standard InChI is InChI=1S/C28H34N4O8/c1-17(2)24(32-27(37)38)26(36)30-18(3)25(35)31-23-8-6-19(7-9-23)16-40-28(39)29-10-4-5-20-11-21(14-33)13-22(12-20)15-34/h6-9,11-13,17-18,24,32-34H,10,14-16H2,1-3H3,(H,29,39)(H,30,36)(H,31,35)(H,37,38). The smallest absolute Gasteiger partial charge is 0.408 e. The van der Waals surface area contributed by atoms with Gasteiger partial charge >= 0.3 is 12.2 Å². The molecule has 2 aromatic carbocycles. The molecule has 2 unspecified atom stereocenters. The predicted octanol–water partition coefficient (Wildman–Crippen LogP) is 1.68. The molecule has 7 N–H and O–H groups in total. The molecule has 0 aliphatic carbocycles. The summed E-state index contributed by atoms with van der Waals surface area (Å²) in [5, 5.41) is 37.3. The highest BCUT2D eigenvalue weighted by atomic mass is 16.5. The van der Waals surface area contributed by atoms with Gasteiger partial charge in [-0.3, -0.25) is 9.59 Å². The molecule has 0 spiro atoms. The first-order valence-electron chi connectivity index (χ1n) is 12.5. The van der Waals surface area contributed by atoms with E-state index in [1.165, 1.54) is 6.92 Å². The van der Waals surface area contributed by atoms with Crippen LogP contribution in [0.15, 0.2) is 42.5 Å². The maximum atomic E-state index is 12.5. The summed E-state index contributed by atoms with van der Waals surface area (Å²) in [5.41, 5.74) is 2.97. The largest absolute Gasteiger partial charge is 0.465 e. The molecule has 2 aromatic rings. The second-order valence-electron chi connectivity index (χ2n) is 9.17. The number of rotatable bonds is 11. The molecule has 0 aliphatic rings. The normalized spacial score (nSPS) is 11.8. The molecular formula is C28H34N4O8. The number of hydrogen-bond acceptors (Lipinski definition) is 7. The molecule has 0 fully saturated rings. The molecule has 12 nitrogen and oxygen atoms in total. The maximum absolute atomic E-state index is 12.5. The highest BCUT2D eigenvalue weighted by Gasteiger charge is 2.26. The van der Waals surface area contributed by atoms with Crippen molar-refractivity contribution in [3.63, 3.8) is 0 Å².